The van der Waals surface area contributed by atoms with Crippen molar-refractivity contribution in [2.24, 2.45) is 0 Å². The molecule has 1 N–H and O–H groups in total. The number of rotatable bonds is 7. The van der Waals surface area contributed by atoms with Crippen molar-refractivity contribution in [3.63, 3.8) is 0 Å². The molecule has 0 unspecified atom stereocenters. The highest BCUT2D eigenvalue weighted by atomic mass is 32.1. The molecule has 2 atom stereocenters. The number of para-hydroxylation sites is 1. The Labute approximate surface area is 240 Å². The van der Waals surface area contributed by atoms with Gasteiger partial charge in [-0.15, -0.1) is 0 Å². The van der Waals surface area contributed by atoms with Crippen LogP contribution in [0.4, 0.5) is 5.69 Å². The second kappa shape index (κ2) is 10.9. The van der Waals surface area contributed by atoms with Crippen LogP contribution in [0.15, 0.2) is 104 Å². The number of aromatic nitrogens is 3. The monoisotopic (exact) mass is 545 g/mol. The number of hydrogen-bond donors (Lipinski definition) is 1. The predicted octanol–water partition coefficient (Wildman–Crippen LogP) is 7.22. The third-order valence-corrected chi connectivity index (χ3v) is 7.87. The van der Waals surface area contributed by atoms with Gasteiger partial charge in [-0.2, -0.15) is 0 Å². The van der Waals surface area contributed by atoms with Crippen molar-refractivity contribution >= 4 is 23.0 Å². The van der Waals surface area contributed by atoms with Crippen molar-refractivity contribution in [1.82, 2.24) is 19.9 Å². The molecule has 0 aliphatic carbocycles. The summed E-state index contributed by atoms with van der Waals surface area (Å²) in [7, 11) is 0. The van der Waals surface area contributed by atoms with Gasteiger partial charge in [0.15, 0.2) is 5.11 Å². The number of ether oxygens (including phenoxy) is 1. The molecule has 1 fully saturated rings. The summed E-state index contributed by atoms with van der Waals surface area (Å²) in [5, 5.41) is 4.25. The molecule has 1 saturated heterocycles. The first-order valence-electron chi connectivity index (χ1n) is 13.4. The summed E-state index contributed by atoms with van der Waals surface area (Å²) in [6, 6.07) is 28.4. The minimum absolute atomic E-state index is 0.0806. The van der Waals surface area contributed by atoms with E-state index in [1.807, 2.05) is 74.0 Å². The number of nitrogens with one attached hydrogen (secondary N) is 1. The Morgan fingerprint density at radius 2 is 1.62 bits per heavy atom. The number of aryl methyl sites for hydroxylation is 2. The molecule has 200 valence electrons. The zero-order valence-electron chi connectivity index (χ0n) is 22.8. The molecule has 0 saturated carbocycles. The van der Waals surface area contributed by atoms with Crippen molar-refractivity contribution in [3.8, 4) is 11.5 Å². The summed E-state index contributed by atoms with van der Waals surface area (Å²) in [4.78, 5) is 11.1. The fraction of sp³-hybridized carbons (Fsp3) is 0.182. The van der Waals surface area contributed by atoms with E-state index in [1.165, 1.54) is 22.5 Å². The highest BCUT2D eigenvalue weighted by Crippen LogP contribution is 2.43. The van der Waals surface area contributed by atoms with E-state index >= 15 is 0 Å². The molecule has 5 aromatic rings. The van der Waals surface area contributed by atoms with Crippen LogP contribution in [0, 0.1) is 20.8 Å². The van der Waals surface area contributed by atoms with Crippen molar-refractivity contribution in [3.05, 3.63) is 137 Å². The van der Waals surface area contributed by atoms with Crippen molar-refractivity contribution < 1.29 is 4.74 Å². The number of hydrogen-bond acceptors (Lipinski definition) is 4. The third kappa shape index (κ3) is 4.96. The van der Waals surface area contributed by atoms with Gasteiger partial charge >= 0.3 is 0 Å². The zero-order valence-corrected chi connectivity index (χ0v) is 23.6. The van der Waals surface area contributed by atoms with E-state index in [-0.39, 0.29) is 12.1 Å². The van der Waals surface area contributed by atoms with E-state index in [0.717, 1.165) is 35.0 Å². The highest BCUT2D eigenvalue weighted by molar-refractivity contribution is 7.80. The molecular weight excluding hydrogens is 514 g/mol. The van der Waals surface area contributed by atoms with Gasteiger partial charge in [0.1, 0.15) is 11.5 Å². The minimum Gasteiger partial charge on any atom is -0.457 e. The normalized spacial score (nSPS) is 16.7. The Morgan fingerprint density at radius 1 is 0.875 bits per heavy atom. The summed E-state index contributed by atoms with van der Waals surface area (Å²) < 4.78 is 8.53. The second-order valence-electron chi connectivity index (χ2n) is 10.1. The lowest BCUT2D eigenvalue weighted by Gasteiger charge is -2.28. The molecule has 1 aliphatic rings. The van der Waals surface area contributed by atoms with Crippen LogP contribution < -0.4 is 15.0 Å². The van der Waals surface area contributed by atoms with Crippen molar-refractivity contribution in [1.29, 1.82) is 0 Å². The summed E-state index contributed by atoms with van der Waals surface area (Å²) in [6.07, 6.45) is 5.52. The molecule has 40 heavy (non-hydrogen) atoms. The maximum atomic E-state index is 6.17. The Hall–Kier alpha value is -4.49. The number of anilines is 1. The van der Waals surface area contributed by atoms with Crippen LogP contribution in [0.5, 0.6) is 11.5 Å². The van der Waals surface area contributed by atoms with Gasteiger partial charge in [-0.05, 0) is 110 Å². The topological polar surface area (TPSA) is 55.2 Å². The Bertz CT molecular complexity index is 1630. The lowest BCUT2D eigenvalue weighted by molar-refractivity contribution is 0.479. The average Bonchev–Trinajstić information content (AvgIpc) is 3.46. The van der Waals surface area contributed by atoms with Gasteiger partial charge in [0, 0.05) is 42.2 Å². The van der Waals surface area contributed by atoms with Gasteiger partial charge in [0.25, 0.3) is 0 Å². The first-order valence-corrected chi connectivity index (χ1v) is 13.8. The number of pyridine rings is 2. The third-order valence-electron chi connectivity index (χ3n) is 7.56. The summed E-state index contributed by atoms with van der Waals surface area (Å²) in [6.45, 7) is 7.18. The zero-order chi connectivity index (χ0) is 27.6. The van der Waals surface area contributed by atoms with E-state index in [4.69, 9.17) is 21.9 Å². The first kappa shape index (κ1) is 25.8. The van der Waals surface area contributed by atoms with Crippen molar-refractivity contribution in [2.45, 2.75) is 39.4 Å². The molecule has 2 aromatic carbocycles. The Morgan fingerprint density at radius 3 is 2.35 bits per heavy atom. The van der Waals surface area contributed by atoms with E-state index in [9.17, 15) is 0 Å². The maximum absolute atomic E-state index is 6.17. The molecule has 0 radical (unpaired) electrons. The quantitative estimate of drug-likeness (QED) is 0.218. The van der Waals surface area contributed by atoms with Crippen LogP contribution >= 0.6 is 12.2 Å². The van der Waals surface area contributed by atoms with Crippen molar-refractivity contribution in [2.75, 3.05) is 4.90 Å². The van der Waals surface area contributed by atoms with Crippen LogP contribution in [0.3, 0.4) is 0 Å². The molecule has 4 heterocycles. The smallest absolute Gasteiger partial charge is 0.174 e. The fourth-order valence-electron chi connectivity index (χ4n) is 5.46. The highest BCUT2D eigenvalue weighted by Gasteiger charge is 2.42. The largest absolute Gasteiger partial charge is 0.457 e. The van der Waals surface area contributed by atoms with Gasteiger partial charge in [0.2, 0.25) is 0 Å². The standard InChI is InChI=1S/C33H31N5OS/c1-22-8-4-5-10-30(22)39-27-13-11-26(12-14-27)38-32(31(36-33(38)40)29-9-6-7-17-35-29)28-20-23(2)37(24(28)3)21-25-15-18-34-19-16-25/h4-20,31-32H,21H2,1-3H3,(H,36,40)/t31-,32-/m1/s1. The summed E-state index contributed by atoms with van der Waals surface area (Å²) in [5.74, 6) is 1.63. The molecular formula is C33H31N5OS. The molecule has 7 heteroatoms. The average molecular weight is 546 g/mol. The number of benzene rings is 2. The first-order chi connectivity index (χ1) is 19.5. The van der Waals surface area contributed by atoms with Crippen LogP contribution in [-0.2, 0) is 6.54 Å². The molecule has 3 aromatic heterocycles. The Kier molecular flexibility index (Phi) is 7.05. The van der Waals surface area contributed by atoms with E-state index in [0.29, 0.717) is 5.11 Å². The molecule has 0 amide bonds. The van der Waals surface area contributed by atoms with Crippen LogP contribution in [-0.4, -0.2) is 19.6 Å². The number of nitrogens with zero attached hydrogens (tertiary/aromatic N) is 4. The lowest BCUT2D eigenvalue weighted by Crippen LogP contribution is -2.29. The lowest BCUT2D eigenvalue weighted by atomic mass is 9.96. The van der Waals surface area contributed by atoms with Gasteiger partial charge in [-0.3, -0.25) is 9.97 Å². The fourth-order valence-corrected chi connectivity index (χ4v) is 5.81. The summed E-state index contributed by atoms with van der Waals surface area (Å²) in [5.41, 5.74) is 7.88. The van der Waals surface area contributed by atoms with Gasteiger partial charge < -0.3 is 19.5 Å². The Balaban J connectivity index is 1.38. The van der Waals surface area contributed by atoms with E-state index in [1.54, 1.807) is 0 Å². The summed E-state index contributed by atoms with van der Waals surface area (Å²) >= 11 is 5.96. The molecule has 0 spiro atoms. The minimum atomic E-state index is -0.105. The molecule has 6 rings (SSSR count). The van der Waals surface area contributed by atoms with Gasteiger partial charge in [0.05, 0.1) is 17.8 Å². The predicted molar refractivity (Wildman–Crippen MR) is 163 cm³/mol. The SMILES string of the molecule is Cc1ccccc1Oc1ccc(N2C(=S)N[C@H](c3ccccn3)[C@H]2c2cc(C)n(Cc3ccncc3)c2C)cc1. The number of thiocarbonyl (C=S) groups is 1. The van der Waals surface area contributed by atoms with E-state index in [2.05, 4.69) is 70.0 Å². The maximum Gasteiger partial charge on any atom is 0.174 e. The van der Waals surface area contributed by atoms with Gasteiger partial charge in [-0.25, -0.2) is 0 Å². The van der Waals surface area contributed by atoms with Gasteiger partial charge in [-0.1, -0.05) is 24.3 Å². The molecule has 1 aliphatic heterocycles. The van der Waals surface area contributed by atoms with Crippen LogP contribution in [0.2, 0.25) is 0 Å². The molecule has 6 nitrogen and oxygen atoms in total. The van der Waals surface area contributed by atoms with Crippen LogP contribution in [0.25, 0.3) is 0 Å². The second-order valence-corrected chi connectivity index (χ2v) is 10.5. The van der Waals surface area contributed by atoms with E-state index < -0.39 is 0 Å². The van der Waals surface area contributed by atoms with Crippen LogP contribution in [0.1, 0.15) is 45.9 Å². The molecule has 0 bridgehead atoms.